The van der Waals surface area contributed by atoms with E-state index in [0.717, 1.165) is 17.8 Å². The Balaban J connectivity index is 2.55. The van der Waals surface area contributed by atoms with E-state index in [4.69, 9.17) is 5.73 Å². The molecule has 0 fully saturated rings. The van der Waals surface area contributed by atoms with Crippen molar-refractivity contribution in [1.29, 1.82) is 0 Å². The lowest BCUT2D eigenvalue weighted by molar-refractivity contribution is 0.937. The average Bonchev–Trinajstić information content (AvgIpc) is 2.46. The molecule has 0 aliphatic rings. The number of hydrogen-bond acceptors (Lipinski definition) is 2. The molecule has 0 amide bonds. The maximum absolute atomic E-state index is 11.0. The quantitative estimate of drug-likeness (QED) is 0.684. The van der Waals surface area contributed by atoms with Crippen LogP contribution in [-0.4, -0.2) is 15.9 Å². The van der Waals surface area contributed by atoms with Gasteiger partial charge in [-0.2, -0.15) is 0 Å². The highest BCUT2D eigenvalue weighted by Crippen LogP contribution is 2.01. The second kappa shape index (κ2) is 3.06. The van der Waals surface area contributed by atoms with Gasteiger partial charge >= 0.3 is 0 Å². The third kappa shape index (κ3) is 1.48. The summed E-state index contributed by atoms with van der Waals surface area (Å²) in [4.78, 5) is 14.1. The molecule has 0 bridgehead atoms. The molecule has 2 aromatic rings. The summed E-state index contributed by atoms with van der Waals surface area (Å²) in [7, 11) is 0. The predicted octanol–water partition coefficient (Wildman–Crippen LogP) is 0.129. The Morgan fingerprint density at radius 2 is 2.38 bits per heavy atom. The van der Waals surface area contributed by atoms with Crippen LogP contribution in [0.4, 0.5) is 0 Å². The van der Waals surface area contributed by atoms with E-state index in [2.05, 4.69) is 4.98 Å². The summed E-state index contributed by atoms with van der Waals surface area (Å²) in [6, 6.07) is 3.10. The molecular weight excluding hydrogens is 166 g/mol. The molecule has 13 heavy (non-hydrogen) atoms. The van der Waals surface area contributed by atoms with E-state index in [1.165, 1.54) is 6.07 Å². The van der Waals surface area contributed by atoms with E-state index < -0.39 is 0 Å². The minimum atomic E-state index is 0.0150. The fraction of sp³-hybridized carbons (Fsp3) is 0.222. The summed E-state index contributed by atoms with van der Waals surface area (Å²) in [5.41, 5.74) is 7.30. The van der Waals surface area contributed by atoms with Crippen LogP contribution >= 0.6 is 0 Å². The van der Waals surface area contributed by atoms with Crippen LogP contribution in [0.3, 0.4) is 0 Å². The number of nitrogens with two attached hydrogens (primary N) is 1. The second-order valence-corrected chi connectivity index (χ2v) is 2.97. The van der Waals surface area contributed by atoms with Gasteiger partial charge in [0.25, 0.3) is 0 Å². The first kappa shape index (κ1) is 8.07. The molecular formula is C9H11N3O. The van der Waals surface area contributed by atoms with Gasteiger partial charge in [-0.1, -0.05) is 0 Å². The third-order valence-electron chi connectivity index (χ3n) is 1.95. The number of H-pyrrole nitrogens is 1. The Kier molecular flexibility index (Phi) is 1.90. The molecule has 2 aromatic heterocycles. The standard InChI is InChI=1S/C9H11N3O/c10-3-1-7-6-12-4-2-8(13)5-9(12)11-7/h2,4-6,11H,1,3,10H2. The minimum absolute atomic E-state index is 0.0150. The van der Waals surface area contributed by atoms with Gasteiger partial charge in [-0.3, -0.25) is 4.79 Å². The van der Waals surface area contributed by atoms with Crippen molar-refractivity contribution in [2.24, 2.45) is 5.73 Å². The summed E-state index contributed by atoms with van der Waals surface area (Å²) < 4.78 is 1.88. The number of imidazole rings is 1. The summed E-state index contributed by atoms with van der Waals surface area (Å²) in [5.74, 6) is 0. The van der Waals surface area contributed by atoms with E-state index in [9.17, 15) is 4.79 Å². The van der Waals surface area contributed by atoms with Crippen molar-refractivity contribution in [2.45, 2.75) is 6.42 Å². The van der Waals surface area contributed by atoms with Crippen molar-refractivity contribution >= 4 is 5.65 Å². The molecule has 4 heteroatoms. The number of fused-ring (bicyclic) bond motifs is 1. The molecule has 0 aliphatic carbocycles. The number of nitrogens with one attached hydrogen (secondary N) is 1. The Morgan fingerprint density at radius 1 is 1.54 bits per heavy atom. The number of aromatic nitrogens is 2. The molecule has 2 heterocycles. The van der Waals surface area contributed by atoms with Gasteiger partial charge in [-0.05, 0) is 6.54 Å². The van der Waals surface area contributed by atoms with Crippen LogP contribution in [0.15, 0.2) is 29.3 Å². The maximum atomic E-state index is 11.0. The first-order chi connectivity index (χ1) is 6.29. The number of hydrogen-bond donors (Lipinski definition) is 2. The summed E-state index contributed by atoms with van der Waals surface area (Å²) in [6.45, 7) is 0.609. The normalized spacial score (nSPS) is 10.8. The highest BCUT2D eigenvalue weighted by atomic mass is 16.1. The molecule has 2 rings (SSSR count). The SMILES string of the molecule is NCCc1cn2ccc(=O)cc2[nH]1. The van der Waals surface area contributed by atoms with Crippen molar-refractivity contribution in [3.8, 4) is 0 Å². The molecule has 0 unspecified atom stereocenters. The molecule has 0 radical (unpaired) electrons. The minimum Gasteiger partial charge on any atom is -0.343 e. The van der Waals surface area contributed by atoms with Gasteiger partial charge in [0.05, 0.1) is 0 Å². The van der Waals surface area contributed by atoms with E-state index >= 15 is 0 Å². The topological polar surface area (TPSA) is 63.3 Å². The zero-order chi connectivity index (χ0) is 9.26. The predicted molar refractivity (Wildman–Crippen MR) is 50.8 cm³/mol. The number of aromatic amines is 1. The summed E-state index contributed by atoms with van der Waals surface area (Å²) >= 11 is 0. The lowest BCUT2D eigenvalue weighted by atomic mass is 10.3. The number of pyridine rings is 1. The van der Waals surface area contributed by atoms with Gasteiger partial charge < -0.3 is 15.1 Å². The van der Waals surface area contributed by atoms with E-state index in [-0.39, 0.29) is 5.43 Å². The Hall–Kier alpha value is -1.55. The molecule has 0 saturated heterocycles. The monoisotopic (exact) mass is 177 g/mol. The van der Waals surface area contributed by atoms with Crippen LogP contribution in [0, 0.1) is 0 Å². The fourth-order valence-electron chi connectivity index (χ4n) is 1.35. The molecule has 0 spiro atoms. The van der Waals surface area contributed by atoms with Crippen molar-refractivity contribution < 1.29 is 0 Å². The van der Waals surface area contributed by atoms with Crippen molar-refractivity contribution in [3.63, 3.8) is 0 Å². The van der Waals surface area contributed by atoms with Crippen LogP contribution in [0.2, 0.25) is 0 Å². The Morgan fingerprint density at radius 3 is 3.15 bits per heavy atom. The van der Waals surface area contributed by atoms with Crippen LogP contribution in [0.5, 0.6) is 0 Å². The lowest BCUT2D eigenvalue weighted by Gasteiger charge is -1.87. The molecule has 4 nitrogen and oxygen atoms in total. The first-order valence-corrected chi connectivity index (χ1v) is 4.19. The molecule has 0 aromatic carbocycles. The van der Waals surface area contributed by atoms with Crippen LogP contribution in [-0.2, 0) is 6.42 Å². The van der Waals surface area contributed by atoms with E-state index in [1.807, 2.05) is 10.6 Å². The maximum Gasteiger partial charge on any atom is 0.183 e. The van der Waals surface area contributed by atoms with Gasteiger partial charge in [0.1, 0.15) is 5.65 Å². The Labute approximate surface area is 75.0 Å². The molecule has 68 valence electrons. The smallest absolute Gasteiger partial charge is 0.183 e. The van der Waals surface area contributed by atoms with E-state index in [0.29, 0.717) is 6.54 Å². The average molecular weight is 177 g/mol. The number of nitrogens with zero attached hydrogens (tertiary/aromatic N) is 1. The molecule has 0 saturated carbocycles. The Bertz CT molecular complexity index is 469. The van der Waals surface area contributed by atoms with Gasteiger partial charge in [0.15, 0.2) is 5.43 Å². The fourth-order valence-corrected chi connectivity index (χ4v) is 1.35. The second-order valence-electron chi connectivity index (χ2n) is 2.97. The summed E-state index contributed by atoms with van der Waals surface area (Å²) in [5, 5.41) is 0. The molecule has 0 atom stereocenters. The van der Waals surface area contributed by atoms with Gasteiger partial charge in [0, 0.05) is 36.6 Å². The van der Waals surface area contributed by atoms with E-state index in [1.54, 1.807) is 12.3 Å². The zero-order valence-corrected chi connectivity index (χ0v) is 7.16. The highest BCUT2D eigenvalue weighted by Gasteiger charge is 1.97. The third-order valence-corrected chi connectivity index (χ3v) is 1.95. The largest absolute Gasteiger partial charge is 0.343 e. The van der Waals surface area contributed by atoms with Crippen molar-refractivity contribution in [1.82, 2.24) is 9.38 Å². The molecule has 3 N–H and O–H groups in total. The number of rotatable bonds is 2. The van der Waals surface area contributed by atoms with Crippen LogP contribution < -0.4 is 11.2 Å². The lowest BCUT2D eigenvalue weighted by Crippen LogP contribution is -2.02. The summed E-state index contributed by atoms with van der Waals surface area (Å²) in [6.07, 6.45) is 4.49. The zero-order valence-electron chi connectivity index (χ0n) is 7.16. The van der Waals surface area contributed by atoms with Gasteiger partial charge in [-0.15, -0.1) is 0 Å². The first-order valence-electron chi connectivity index (χ1n) is 4.19. The molecule has 0 aliphatic heterocycles. The highest BCUT2D eigenvalue weighted by molar-refractivity contribution is 5.39. The van der Waals surface area contributed by atoms with Gasteiger partial charge in [-0.25, -0.2) is 0 Å². The van der Waals surface area contributed by atoms with Crippen LogP contribution in [0.1, 0.15) is 5.69 Å². The van der Waals surface area contributed by atoms with Crippen molar-refractivity contribution in [3.05, 3.63) is 40.4 Å². The van der Waals surface area contributed by atoms with Gasteiger partial charge in [0.2, 0.25) is 0 Å². The van der Waals surface area contributed by atoms with Crippen molar-refractivity contribution in [2.75, 3.05) is 6.54 Å². The van der Waals surface area contributed by atoms with Crippen LogP contribution in [0.25, 0.3) is 5.65 Å².